The van der Waals surface area contributed by atoms with Gasteiger partial charge < -0.3 is 15.2 Å². The predicted octanol–water partition coefficient (Wildman–Crippen LogP) is 5.82. The number of benzene rings is 1. The van der Waals surface area contributed by atoms with Gasteiger partial charge in [-0.05, 0) is 23.8 Å². The zero-order valence-corrected chi connectivity index (χ0v) is 17.8. The quantitative estimate of drug-likeness (QED) is 0.540. The van der Waals surface area contributed by atoms with Crippen molar-refractivity contribution in [2.75, 3.05) is 9.80 Å². The second-order valence-electron chi connectivity index (χ2n) is 6.55. The van der Waals surface area contributed by atoms with E-state index in [0.29, 0.717) is 0 Å². The second kappa shape index (κ2) is 8.83. The number of hydrogen-bond acceptors (Lipinski definition) is 5. The van der Waals surface area contributed by atoms with E-state index >= 15 is 0 Å². The van der Waals surface area contributed by atoms with Gasteiger partial charge in [-0.3, -0.25) is 0 Å². The third-order valence-electron chi connectivity index (χ3n) is 4.89. The van der Waals surface area contributed by atoms with Crippen molar-refractivity contribution in [3.8, 4) is 0 Å². The highest BCUT2D eigenvalue weighted by Gasteiger charge is 2.54. The molecule has 0 spiro atoms. The number of hydrogen-bond donors (Lipinski definition) is 1. The largest absolute Gasteiger partial charge is 0.314 e. The van der Waals surface area contributed by atoms with Gasteiger partial charge in [0.05, 0.1) is 6.20 Å². The van der Waals surface area contributed by atoms with Crippen LogP contribution in [0.3, 0.4) is 0 Å². The van der Waals surface area contributed by atoms with E-state index in [1.165, 1.54) is 17.5 Å². The minimum absolute atomic E-state index is 0.0331. The molecule has 2 aliphatic heterocycles. The van der Waals surface area contributed by atoms with Gasteiger partial charge in [-0.25, -0.2) is 9.97 Å². The van der Waals surface area contributed by atoms with E-state index in [1.807, 2.05) is 33.9 Å². The normalized spacial score (nSPS) is 17.9. The monoisotopic (exact) mass is 377 g/mol. The van der Waals surface area contributed by atoms with Gasteiger partial charge in [0.25, 0.3) is 0 Å². The van der Waals surface area contributed by atoms with Crippen LogP contribution in [0.15, 0.2) is 61.2 Å². The van der Waals surface area contributed by atoms with Gasteiger partial charge in [-0.15, -0.1) is 0 Å². The van der Waals surface area contributed by atoms with Crippen molar-refractivity contribution in [3.05, 3.63) is 66.8 Å². The zero-order chi connectivity index (χ0) is 20.9. The lowest BCUT2D eigenvalue weighted by Crippen LogP contribution is -2.48. The fourth-order valence-corrected chi connectivity index (χ4v) is 3.90. The van der Waals surface area contributed by atoms with Gasteiger partial charge in [0, 0.05) is 23.0 Å². The van der Waals surface area contributed by atoms with E-state index < -0.39 is 0 Å². The first-order chi connectivity index (χ1) is 13.6. The number of nitrogens with one attached hydrogen (secondary N) is 1. The number of aromatic nitrogens is 2. The second-order valence-corrected chi connectivity index (χ2v) is 6.55. The smallest absolute Gasteiger partial charge is 0.162 e. The molecule has 1 atom stereocenters. The Kier molecular flexibility index (Phi) is 6.73. The van der Waals surface area contributed by atoms with E-state index in [2.05, 4.69) is 64.5 Å². The molecule has 3 heterocycles. The van der Waals surface area contributed by atoms with Crippen LogP contribution < -0.4 is 9.80 Å². The minimum Gasteiger partial charge on any atom is -0.314 e. The number of para-hydroxylation sites is 1. The van der Waals surface area contributed by atoms with Gasteiger partial charge >= 0.3 is 0 Å². The molecule has 2 aromatic rings. The molecule has 0 amide bonds. The highest BCUT2D eigenvalue weighted by molar-refractivity contribution is 5.89. The van der Waals surface area contributed by atoms with E-state index in [4.69, 9.17) is 5.41 Å². The Morgan fingerprint density at radius 1 is 1.14 bits per heavy atom. The van der Waals surface area contributed by atoms with Crippen LogP contribution in [0.4, 0.5) is 17.2 Å². The maximum Gasteiger partial charge on any atom is 0.162 e. The third kappa shape index (κ3) is 3.11. The number of anilines is 3. The molecule has 1 aromatic carbocycles. The Labute approximate surface area is 168 Å². The van der Waals surface area contributed by atoms with E-state index in [1.54, 1.807) is 18.5 Å². The van der Waals surface area contributed by atoms with E-state index in [-0.39, 0.29) is 11.6 Å². The molecule has 0 radical (unpaired) electrons. The maximum absolute atomic E-state index is 7.48. The lowest BCUT2D eigenvalue weighted by Gasteiger charge is -2.36. The molecule has 0 saturated heterocycles. The van der Waals surface area contributed by atoms with Gasteiger partial charge in [0.1, 0.15) is 18.2 Å². The van der Waals surface area contributed by atoms with Crippen molar-refractivity contribution >= 4 is 23.4 Å². The Hall–Kier alpha value is -2.95. The van der Waals surface area contributed by atoms with Crippen molar-refractivity contribution in [3.63, 3.8) is 0 Å². The molecule has 4 rings (SSSR count). The molecule has 0 saturated carbocycles. The van der Waals surface area contributed by atoms with Crippen molar-refractivity contribution in [1.82, 2.24) is 9.97 Å². The van der Waals surface area contributed by atoms with Crippen LogP contribution >= 0.6 is 0 Å². The van der Waals surface area contributed by atoms with Crippen LogP contribution in [-0.4, -0.2) is 22.3 Å². The summed E-state index contributed by atoms with van der Waals surface area (Å²) in [6, 6.07) is 8.47. The first-order valence-electron chi connectivity index (χ1n) is 9.92. The fraction of sp³-hybridized carbons (Fsp3) is 0.348. The highest BCUT2D eigenvalue weighted by Crippen LogP contribution is 2.56. The summed E-state index contributed by atoms with van der Waals surface area (Å²) >= 11 is 0. The van der Waals surface area contributed by atoms with Crippen LogP contribution in [0.5, 0.6) is 0 Å². The standard InChI is InChI=1S/C19H19N5.2C2H6/c1-4-13(9-10-20)23-17-16(11-21-12-22-17)24-15-8-6-5-7-14(15)19(2,3)18(23)24;2*1-2/h4-12,18,20H,1H2,2-3H3;2*1-2H3/b13-9+,20-10?;;. The highest BCUT2D eigenvalue weighted by atomic mass is 15.5. The van der Waals surface area contributed by atoms with Gasteiger partial charge in [-0.1, -0.05) is 66.3 Å². The zero-order valence-electron chi connectivity index (χ0n) is 17.8. The molecule has 5 heteroatoms. The molecule has 1 aromatic heterocycles. The molecule has 5 nitrogen and oxygen atoms in total. The lowest BCUT2D eigenvalue weighted by atomic mass is 9.83. The summed E-state index contributed by atoms with van der Waals surface area (Å²) in [5, 5.41) is 7.48. The molecule has 28 heavy (non-hydrogen) atoms. The molecular weight excluding hydrogens is 346 g/mol. The topological polar surface area (TPSA) is 56.1 Å². The predicted molar refractivity (Wildman–Crippen MR) is 120 cm³/mol. The Balaban J connectivity index is 0.000000660. The molecule has 1 N–H and O–H groups in total. The van der Waals surface area contributed by atoms with Crippen molar-refractivity contribution in [1.29, 1.82) is 5.41 Å². The van der Waals surface area contributed by atoms with Gasteiger partial charge in [0.15, 0.2) is 5.82 Å². The molecule has 148 valence electrons. The molecule has 2 aliphatic rings. The summed E-state index contributed by atoms with van der Waals surface area (Å²) in [4.78, 5) is 13.2. The van der Waals surface area contributed by atoms with Crippen LogP contribution in [-0.2, 0) is 5.41 Å². The van der Waals surface area contributed by atoms with Gasteiger partial charge in [0.2, 0.25) is 0 Å². The average molecular weight is 378 g/mol. The fourth-order valence-electron chi connectivity index (χ4n) is 3.90. The van der Waals surface area contributed by atoms with Crippen LogP contribution in [0.25, 0.3) is 0 Å². The van der Waals surface area contributed by atoms with Gasteiger partial charge in [-0.2, -0.15) is 0 Å². The summed E-state index contributed by atoms with van der Waals surface area (Å²) < 4.78 is 0. The first kappa shape index (κ1) is 21.4. The summed E-state index contributed by atoms with van der Waals surface area (Å²) in [5.41, 5.74) is 4.20. The van der Waals surface area contributed by atoms with E-state index in [9.17, 15) is 0 Å². The Morgan fingerprint density at radius 3 is 2.46 bits per heavy atom. The number of rotatable bonds is 3. The molecule has 0 fully saturated rings. The summed E-state index contributed by atoms with van der Waals surface area (Å²) in [7, 11) is 0. The Bertz CT molecular complexity index is 869. The van der Waals surface area contributed by atoms with Crippen LogP contribution in [0.2, 0.25) is 0 Å². The number of nitrogens with zero attached hydrogens (tertiary/aromatic N) is 4. The van der Waals surface area contributed by atoms with Crippen molar-refractivity contribution in [2.24, 2.45) is 0 Å². The summed E-state index contributed by atoms with van der Waals surface area (Å²) in [6.07, 6.45) is 8.28. The number of fused-ring (bicyclic) bond motifs is 5. The summed E-state index contributed by atoms with van der Waals surface area (Å²) in [6.45, 7) is 16.4. The average Bonchev–Trinajstić information content (AvgIpc) is 3.21. The summed E-state index contributed by atoms with van der Waals surface area (Å²) in [5.74, 6) is 0.852. The van der Waals surface area contributed by atoms with Crippen LogP contribution in [0.1, 0.15) is 47.1 Å². The molecule has 0 aliphatic carbocycles. The first-order valence-corrected chi connectivity index (χ1v) is 9.92. The van der Waals surface area contributed by atoms with Crippen molar-refractivity contribution in [2.45, 2.75) is 53.1 Å². The molecule has 0 bridgehead atoms. The van der Waals surface area contributed by atoms with Crippen LogP contribution in [0, 0.1) is 5.41 Å². The Morgan fingerprint density at radius 2 is 1.82 bits per heavy atom. The lowest BCUT2D eigenvalue weighted by molar-refractivity contribution is 0.444. The molecular formula is C23H31N5. The van der Waals surface area contributed by atoms with E-state index in [0.717, 1.165) is 17.2 Å². The SMILES string of the molecule is C=C/C(=C\C=N)N1c2ncncc2N2c3ccccc3C(C)(C)C12.CC.CC. The molecule has 1 unspecified atom stereocenters. The third-order valence-corrected chi connectivity index (χ3v) is 4.89. The van der Waals surface area contributed by atoms with Crippen molar-refractivity contribution < 1.29 is 0 Å². The minimum atomic E-state index is -0.124. The maximum atomic E-state index is 7.48. The number of allylic oxidation sites excluding steroid dienone is 2.